The number of rotatable bonds is 1. The van der Waals surface area contributed by atoms with E-state index >= 15 is 0 Å². The molecule has 2 N–H and O–H groups in total. The summed E-state index contributed by atoms with van der Waals surface area (Å²) in [4.78, 5) is 4.22. The Bertz CT molecular complexity index is 394. The molecule has 0 saturated heterocycles. The molecular formula is C9H12ClN3. The Labute approximate surface area is 83.0 Å². The fourth-order valence-electron chi connectivity index (χ4n) is 1.29. The largest absolute Gasteiger partial charge is 0.323 e. The van der Waals surface area contributed by atoms with Crippen LogP contribution < -0.4 is 5.73 Å². The summed E-state index contributed by atoms with van der Waals surface area (Å²) in [5.41, 5.74) is 7.76. The van der Waals surface area contributed by atoms with Crippen LogP contribution in [-0.4, -0.2) is 9.38 Å². The number of pyridine rings is 1. The first-order valence-corrected chi connectivity index (χ1v) is 3.96. The number of fused-ring (bicyclic) bond motifs is 1. The molecule has 13 heavy (non-hydrogen) atoms. The highest BCUT2D eigenvalue weighted by Crippen LogP contribution is 2.11. The van der Waals surface area contributed by atoms with Crippen LogP contribution in [-0.2, 0) is 0 Å². The van der Waals surface area contributed by atoms with Crippen molar-refractivity contribution in [1.82, 2.24) is 9.38 Å². The van der Waals surface area contributed by atoms with Gasteiger partial charge in [0.05, 0.1) is 11.9 Å². The second kappa shape index (κ2) is 3.77. The van der Waals surface area contributed by atoms with Gasteiger partial charge in [-0.15, -0.1) is 12.4 Å². The van der Waals surface area contributed by atoms with E-state index < -0.39 is 0 Å². The standard InChI is InChI=1S/C9H11N3.ClH/c1-7(10)8-6-11-9-4-2-3-5-12(8)9;/h2-7H,10H2,1H3;1H/t7-;/m1./s1. The Hall–Kier alpha value is -1.06. The van der Waals surface area contributed by atoms with Crippen molar-refractivity contribution in [2.75, 3.05) is 0 Å². The summed E-state index contributed by atoms with van der Waals surface area (Å²) < 4.78 is 2.00. The lowest BCUT2D eigenvalue weighted by atomic mass is 10.3. The highest BCUT2D eigenvalue weighted by Gasteiger charge is 2.04. The maximum Gasteiger partial charge on any atom is 0.136 e. The van der Waals surface area contributed by atoms with Crippen molar-refractivity contribution in [2.45, 2.75) is 13.0 Å². The molecule has 0 amide bonds. The first-order chi connectivity index (χ1) is 5.79. The van der Waals surface area contributed by atoms with Crippen molar-refractivity contribution in [2.24, 2.45) is 5.73 Å². The van der Waals surface area contributed by atoms with Gasteiger partial charge in [0.25, 0.3) is 0 Å². The Kier molecular flexibility index (Phi) is 2.90. The van der Waals surface area contributed by atoms with E-state index in [2.05, 4.69) is 4.98 Å². The van der Waals surface area contributed by atoms with E-state index in [0.717, 1.165) is 11.3 Å². The van der Waals surface area contributed by atoms with Gasteiger partial charge in [-0.05, 0) is 19.1 Å². The molecule has 0 fully saturated rings. The topological polar surface area (TPSA) is 43.3 Å². The van der Waals surface area contributed by atoms with Gasteiger partial charge in [-0.25, -0.2) is 4.98 Å². The third-order valence-corrected chi connectivity index (χ3v) is 1.91. The van der Waals surface area contributed by atoms with Crippen LogP contribution >= 0.6 is 12.4 Å². The molecule has 4 heteroatoms. The smallest absolute Gasteiger partial charge is 0.136 e. The summed E-state index contributed by atoms with van der Waals surface area (Å²) in [5.74, 6) is 0. The zero-order chi connectivity index (χ0) is 8.55. The molecule has 0 spiro atoms. The number of nitrogens with two attached hydrogens (primary N) is 1. The number of nitrogens with zero attached hydrogens (tertiary/aromatic N) is 2. The predicted octanol–water partition coefficient (Wildman–Crippen LogP) is 1.78. The van der Waals surface area contributed by atoms with Crippen LogP contribution in [0.15, 0.2) is 30.6 Å². The van der Waals surface area contributed by atoms with Gasteiger partial charge in [0.2, 0.25) is 0 Å². The van der Waals surface area contributed by atoms with Crippen LogP contribution in [0, 0.1) is 0 Å². The minimum absolute atomic E-state index is 0. The second-order valence-electron chi connectivity index (χ2n) is 2.90. The van der Waals surface area contributed by atoms with Crippen LogP contribution in [0.25, 0.3) is 5.65 Å². The normalized spacial score (nSPS) is 12.5. The van der Waals surface area contributed by atoms with E-state index in [1.807, 2.05) is 41.9 Å². The van der Waals surface area contributed by atoms with Gasteiger partial charge in [-0.3, -0.25) is 0 Å². The van der Waals surface area contributed by atoms with E-state index in [1.165, 1.54) is 0 Å². The first-order valence-electron chi connectivity index (χ1n) is 3.96. The summed E-state index contributed by atoms with van der Waals surface area (Å²) in [5, 5.41) is 0. The lowest BCUT2D eigenvalue weighted by molar-refractivity contribution is 0.769. The molecule has 0 radical (unpaired) electrons. The molecule has 0 aliphatic rings. The van der Waals surface area contributed by atoms with E-state index in [0.29, 0.717) is 0 Å². The molecule has 0 saturated carbocycles. The van der Waals surface area contributed by atoms with Gasteiger partial charge < -0.3 is 10.1 Å². The van der Waals surface area contributed by atoms with E-state index in [9.17, 15) is 0 Å². The lowest BCUT2D eigenvalue weighted by Crippen LogP contribution is -2.07. The lowest BCUT2D eigenvalue weighted by Gasteiger charge is -2.03. The molecule has 70 valence electrons. The highest BCUT2D eigenvalue weighted by atomic mass is 35.5. The van der Waals surface area contributed by atoms with Crippen molar-refractivity contribution in [3.05, 3.63) is 36.3 Å². The fourth-order valence-corrected chi connectivity index (χ4v) is 1.29. The molecule has 0 aliphatic heterocycles. The maximum atomic E-state index is 5.76. The zero-order valence-electron chi connectivity index (χ0n) is 7.34. The van der Waals surface area contributed by atoms with Gasteiger partial charge in [-0.1, -0.05) is 6.07 Å². The van der Waals surface area contributed by atoms with Gasteiger partial charge in [-0.2, -0.15) is 0 Å². The molecular weight excluding hydrogens is 186 g/mol. The van der Waals surface area contributed by atoms with Gasteiger partial charge in [0.15, 0.2) is 0 Å². The highest BCUT2D eigenvalue weighted by molar-refractivity contribution is 5.85. The molecule has 2 aromatic heterocycles. The quantitative estimate of drug-likeness (QED) is 0.758. The van der Waals surface area contributed by atoms with Crippen molar-refractivity contribution < 1.29 is 0 Å². The van der Waals surface area contributed by atoms with E-state index in [-0.39, 0.29) is 18.4 Å². The van der Waals surface area contributed by atoms with Gasteiger partial charge in [0, 0.05) is 12.2 Å². The predicted molar refractivity (Wildman–Crippen MR) is 55.0 cm³/mol. The van der Waals surface area contributed by atoms with Crippen molar-refractivity contribution in [3.8, 4) is 0 Å². The van der Waals surface area contributed by atoms with Crippen LogP contribution in [0.3, 0.4) is 0 Å². The first kappa shape index (κ1) is 10.0. The van der Waals surface area contributed by atoms with Crippen LogP contribution in [0.1, 0.15) is 18.7 Å². The minimum atomic E-state index is 0. The van der Waals surface area contributed by atoms with Gasteiger partial charge in [0.1, 0.15) is 5.65 Å². The molecule has 2 aromatic rings. The van der Waals surface area contributed by atoms with Crippen LogP contribution in [0.2, 0.25) is 0 Å². The molecule has 0 aliphatic carbocycles. The molecule has 1 atom stereocenters. The molecule has 0 bridgehead atoms. The average Bonchev–Trinajstić information content (AvgIpc) is 2.47. The summed E-state index contributed by atoms with van der Waals surface area (Å²) in [6, 6.07) is 5.93. The van der Waals surface area contributed by atoms with Crippen molar-refractivity contribution in [3.63, 3.8) is 0 Å². The second-order valence-corrected chi connectivity index (χ2v) is 2.90. The zero-order valence-corrected chi connectivity index (χ0v) is 8.16. The third-order valence-electron chi connectivity index (χ3n) is 1.91. The Balaban J connectivity index is 0.000000845. The van der Waals surface area contributed by atoms with E-state index in [1.54, 1.807) is 0 Å². The monoisotopic (exact) mass is 197 g/mol. The fraction of sp³-hybridized carbons (Fsp3) is 0.222. The number of aromatic nitrogens is 2. The summed E-state index contributed by atoms with van der Waals surface area (Å²) in [7, 11) is 0. The number of imidazole rings is 1. The molecule has 0 unspecified atom stereocenters. The third kappa shape index (κ3) is 1.66. The Morgan fingerprint density at radius 1 is 1.46 bits per heavy atom. The summed E-state index contributed by atoms with van der Waals surface area (Å²) >= 11 is 0. The van der Waals surface area contributed by atoms with Crippen LogP contribution in [0.5, 0.6) is 0 Å². The molecule has 2 rings (SSSR count). The number of halogens is 1. The Morgan fingerprint density at radius 3 is 2.92 bits per heavy atom. The van der Waals surface area contributed by atoms with E-state index in [4.69, 9.17) is 5.73 Å². The molecule has 2 heterocycles. The van der Waals surface area contributed by atoms with Crippen molar-refractivity contribution >= 4 is 18.1 Å². The Morgan fingerprint density at radius 2 is 2.23 bits per heavy atom. The SMILES string of the molecule is C[C@@H](N)c1cnc2ccccn12.Cl. The molecule has 3 nitrogen and oxygen atoms in total. The number of hydrogen-bond acceptors (Lipinski definition) is 2. The number of hydrogen-bond donors (Lipinski definition) is 1. The molecule has 0 aromatic carbocycles. The minimum Gasteiger partial charge on any atom is -0.323 e. The van der Waals surface area contributed by atoms with Gasteiger partial charge >= 0.3 is 0 Å². The van der Waals surface area contributed by atoms with Crippen molar-refractivity contribution in [1.29, 1.82) is 0 Å². The summed E-state index contributed by atoms with van der Waals surface area (Å²) in [6.07, 6.45) is 3.79. The van der Waals surface area contributed by atoms with Crippen LogP contribution in [0.4, 0.5) is 0 Å². The average molecular weight is 198 g/mol. The summed E-state index contributed by atoms with van der Waals surface area (Å²) in [6.45, 7) is 1.95. The maximum absolute atomic E-state index is 5.76.